The number of anilines is 1. The number of hydrogen-bond donors (Lipinski definition) is 2. The number of rotatable bonds is 6. The van der Waals surface area contributed by atoms with E-state index in [1.807, 2.05) is 37.4 Å². The lowest BCUT2D eigenvalue weighted by molar-refractivity contribution is -0.115. The molecule has 0 aliphatic rings. The van der Waals surface area contributed by atoms with Crippen LogP contribution in [0.2, 0.25) is 0 Å². The van der Waals surface area contributed by atoms with E-state index in [0.29, 0.717) is 5.69 Å². The van der Waals surface area contributed by atoms with Gasteiger partial charge in [0.2, 0.25) is 5.91 Å². The average Bonchev–Trinajstić information content (AvgIpc) is 2.85. The van der Waals surface area contributed by atoms with Crippen molar-refractivity contribution in [1.29, 1.82) is 0 Å². The summed E-state index contributed by atoms with van der Waals surface area (Å²) in [5.74, 6) is 0.256. The maximum atomic E-state index is 11.9. The van der Waals surface area contributed by atoms with Gasteiger partial charge in [-0.2, -0.15) is 16.9 Å². The molecule has 2 N–H and O–H groups in total. The molecule has 0 aliphatic heterocycles. The fraction of sp³-hybridized carbons (Fsp3) is 0.312. The number of carbonyl (C=O) groups excluding carboxylic acids is 2. The van der Waals surface area contributed by atoms with Gasteiger partial charge in [-0.05, 0) is 36.9 Å². The molecule has 0 saturated carbocycles. The fourth-order valence-corrected chi connectivity index (χ4v) is 2.55. The molecule has 7 heteroatoms. The number of nitrogens with one attached hydrogen (secondary N) is 2. The predicted octanol–water partition coefficient (Wildman–Crippen LogP) is 1.96. The second-order valence-electron chi connectivity index (χ2n) is 5.16. The standard InChI is InChI=1S/C16H20N4O2S/c1-11-7-14(19-20(11)2)16(22)17-9-15(21)18-13-6-4-5-12(8-13)10-23-3/h4-8H,9-10H2,1-3H3,(H,17,22)(H,18,21). The topological polar surface area (TPSA) is 76.0 Å². The van der Waals surface area contributed by atoms with Gasteiger partial charge in [0.05, 0.1) is 6.54 Å². The van der Waals surface area contributed by atoms with Crippen molar-refractivity contribution < 1.29 is 9.59 Å². The Morgan fingerprint density at radius 1 is 1.30 bits per heavy atom. The van der Waals surface area contributed by atoms with E-state index in [2.05, 4.69) is 15.7 Å². The van der Waals surface area contributed by atoms with E-state index in [0.717, 1.165) is 22.7 Å². The molecule has 0 saturated heterocycles. The zero-order valence-electron chi connectivity index (χ0n) is 13.4. The molecule has 122 valence electrons. The van der Waals surface area contributed by atoms with Crippen LogP contribution in [0.1, 0.15) is 21.7 Å². The van der Waals surface area contributed by atoms with Crippen molar-refractivity contribution in [2.75, 3.05) is 18.1 Å². The van der Waals surface area contributed by atoms with Crippen molar-refractivity contribution in [3.8, 4) is 0 Å². The quantitative estimate of drug-likeness (QED) is 0.848. The Bertz CT molecular complexity index is 692. The van der Waals surface area contributed by atoms with Gasteiger partial charge < -0.3 is 10.6 Å². The van der Waals surface area contributed by atoms with Crippen LogP contribution < -0.4 is 10.6 Å². The first-order valence-corrected chi connectivity index (χ1v) is 8.55. The maximum Gasteiger partial charge on any atom is 0.272 e. The molecule has 2 amide bonds. The van der Waals surface area contributed by atoms with Crippen molar-refractivity contribution >= 4 is 29.3 Å². The first kappa shape index (κ1) is 17.1. The summed E-state index contributed by atoms with van der Waals surface area (Å²) in [6.45, 7) is 1.76. The molecule has 23 heavy (non-hydrogen) atoms. The van der Waals surface area contributed by atoms with Crippen LogP contribution in [0.4, 0.5) is 5.69 Å². The van der Waals surface area contributed by atoms with E-state index in [1.165, 1.54) is 0 Å². The Kier molecular flexibility index (Phi) is 5.81. The summed E-state index contributed by atoms with van der Waals surface area (Å²) >= 11 is 1.72. The van der Waals surface area contributed by atoms with Gasteiger partial charge >= 0.3 is 0 Å². The molecule has 2 rings (SSSR count). The highest BCUT2D eigenvalue weighted by Crippen LogP contribution is 2.14. The zero-order valence-corrected chi connectivity index (χ0v) is 14.2. The van der Waals surface area contributed by atoms with Crippen LogP contribution in [0.5, 0.6) is 0 Å². The Morgan fingerprint density at radius 3 is 2.74 bits per heavy atom. The van der Waals surface area contributed by atoms with Crippen LogP contribution in [0.3, 0.4) is 0 Å². The van der Waals surface area contributed by atoms with Gasteiger partial charge in [-0.1, -0.05) is 12.1 Å². The van der Waals surface area contributed by atoms with Gasteiger partial charge in [0, 0.05) is 24.2 Å². The molecule has 6 nitrogen and oxygen atoms in total. The second kappa shape index (κ2) is 7.82. The van der Waals surface area contributed by atoms with Crippen LogP contribution in [0, 0.1) is 6.92 Å². The van der Waals surface area contributed by atoms with Crippen molar-refractivity contribution in [2.45, 2.75) is 12.7 Å². The molecule has 1 aromatic carbocycles. The van der Waals surface area contributed by atoms with Gasteiger partial charge in [-0.25, -0.2) is 0 Å². The summed E-state index contributed by atoms with van der Waals surface area (Å²) in [6.07, 6.45) is 2.03. The monoisotopic (exact) mass is 332 g/mol. The van der Waals surface area contributed by atoms with Gasteiger partial charge in [0.25, 0.3) is 5.91 Å². The maximum absolute atomic E-state index is 11.9. The lowest BCUT2D eigenvalue weighted by Crippen LogP contribution is -2.33. The third-order valence-electron chi connectivity index (χ3n) is 3.28. The van der Waals surface area contributed by atoms with Crippen LogP contribution in [0.25, 0.3) is 0 Å². The Labute approximate surface area is 139 Å². The Balaban J connectivity index is 1.87. The van der Waals surface area contributed by atoms with Crippen molar-refractivity contribution in [3.05, 3.63) is 47.3 Å². The largest absolute Gasteiger partial charge is 0.342 e. The number of hydrogen-bond acceptors (Lipinski definition) is 4. The van der Waals surface area contributed by atoms with E-state index in [-0.39, 0.29) is 18.4 Å². The van der Waals surface area contributed by atoms with Crippen molar-refractivity contribution in [2.24, 2.45) is 7.05 Å². The smallest absolute Gasteiger partial charge is 0.272 e. The molecule has 0 unspecified atom stereocenters. The number of carbonyl (C=O) groups is 2. The number of nitrogens with zero attached hydrogens (tertiary/aromatic N) is 2. The number of amides is 2. The van der Waals surface area contributed by atoms with Gasteiger partial charge in [0.15, 0.2) is 0 Å². The lowest BCUT2D eigenvalue weighted by atomic mass is 10.2. The fourth-order valence-electron chi connectivity index (χ4n) is 2.03. The third kappa shape index (κ3) is 4.85. The molecule has 0 bridgehead atoms. The van der Waals surface area contributed by atoms with E-state index < -0.39 is 0 Å². The minimum atomic E-state index is -0.361. The molecule has 0 fully saturated rings. The van der Waals surface area contributed by atoms with Gasteiger partial charge in [0.1, 0.15) is 5.69 Å². The molecule has 1 aromatic heterocycles. The summed E-state index contributed by atoms with van der Waals surface area (Å²) in [5.41, 5.74) is 3.05. The minimum absolute atomic E-state index is 0.0960. The van der Waals surface area contributed by atoms with Gasteiger partial charge in [-0.15, -0.1) is 0 Å². The Morgan fingerprint density at radius 2 is 2.09 bits per heavy atom. The van der Waals surface area contributed by atoms with Crippen LogP contribution in [0.15, 0.2) is 30.3 Å². The molecule has 0 atom stereocenters. The SMILES string of the molecule is CSCc1cccc(NC(=O)CNC(=O)c2cc(C)n(C)n2)c1. The second-order valence-corrected chi connectivity index (χ2v) is 6.02. The van der Waals surface area contributed by atoms with Crippen LogP contribution >= 0.6 is 11.8 Å². The van der Waals surface area contributed by atoms with Crippen molar-refractivity contribution in [3.63, 3.8) is 0 Å². The van der Waals surface area contributed by atoms with E-state index in [1.54, 1.807) is 29.6 Å². The third-order valence-corrected chi connectivity index (χ3v) is 3.90. The normalized spacial score (nSPS) is 10.4. The van der Waals surface area contributed by atoms with E-state index in [4.69, 9.17) is 0 Å². The highest BCUT2D eigenvalue weighted by Gasteiger charge is 2.12. The number of aryl methyl sites for hydroxylation is 2. The summed E-state index contributed by atoms with van der Waals surface area (Å²) < 4.78 is 1.62. The highest BCUT2D eigenvalue weighted by molar-refractivity contribution is 7.97. The first-order chi connectivity index (χ1) is 11.0. The molecule has 0 spiro atoms. The number of thioether (sulfide) groups is 1. The first-order valence-electron chi connectivity index (χ1n) is 7.16. The summed E-state index contributed by atoms with van der Waals surface area (Å²) in [7, 11) is 1.76. The Hall–Kier alpha value is -2.28. The van der Waals surface area contributed by atoms with E-state index >= 15 is 0 Å². The molecule has 2 aromatic rings. The van der Waals surface area contributed by atoms with Crippen LogP contribution in [-0.4, -0.2) is 34.4 Å². The zero-order chi connectivity index (χ0) is 16.8. The van der Waals surface area contributed by atoms with Crippen molar-refractivity contribution in [1.82, 2.24) is 15.1 Å². The number of benzene rings is 1. The highest BCUT2D eigenvalue weighted by atomic mass is 32.2. The number of aromatic nitrogens is 2. The minimum Gasteiger partial charge on any atom is -0.342 e. The molecule has 0 radical (unpaired) electrons. The molecular weight excluding hydrogens is 312 g/mol. The molecular formula is C16H20N4O2S. The van der Waals surface area contributed by atoms with E-state index in [9.17, 15) is 9.59 Å². The lowest BCUT2D eigenvalue weighted by Gasteiger charge is -2.07. The molecule has 0 aliphatic carbocycles. The summed E-state index contributed by atoms with van der Waals surface area (Å²) in [5, 5.41) is 9.42. The van der Waals surface area contributed by atoms with Crippen LogP contribution in [-0.2, 0) is 17.6 Å². The molecule has 1 heterocycles. The van der Waals surface area contributed by atoms with Gasteiger partial charge in [-0.3, -0.25) is 14.3 Å². The summed E-state index contributed by atoms with van der Waals surface area (Å²) in [4.78, 5) is 23.9. The predicted molar refractivity (Wildman–Crippen MR) is 92.6 cm³/mol. The average molecular weight is 332 g/mol. The summed E-state index contributed by atoms with van der Waals surface area (Å²) in [6, 6.07) is 9.34.